The second-order valence-electron chi connectivity index (χ2n) is 5.25. The van der Waals surface area contributed by atoms with Gasteiger partial charge >= 0.3 is 0 Å². The highest BCUT2D eigenvalue weighted by molar-refractivity contribution is 8.00. The van der Waals surface area contributed by atoms with Crippen LogP contribution < -0.4 is 10.2 Å². The third kappa shape index (κ3) is 5.30. The van der Waals surface area contributed by atoms with E-state index in [0.29, 0.717) is 6.54 Å². The van der Waals surface area contributed by atoms with Crippen LogP contribution in [0.15, 0.2) is 59.5 Å². The number of carbonyl (C=O) groups excluding carboxylic acids is 1. The van der Waals surface area contributed by atoms with Gasteiger partial charge in [-0.1, -0.05) is 18.2 Å². The van der Waals surface area contributed by atoms with Gasteiger partial charge in [0.05, 0.1) is 11.9 Å². The van der Waals surface area contributed by atoms with Crippen LogP contribution in [0.3, 0.4) is 0 Å². The summed E-state index contributed by atoms with van der Waals surface area (Å²) in [4.78, 5) is 15.3. The van der Waals surface area contributed by atoms with Gasteiger partial charge in [-0.3, -0.25) is 4.79 Å². The number of amides is 1. The maximum atomic E-state index is 12.3. The summed E-state index contributed by atoms with van der Waals surface area (Å²) in [6, 6.07) is 17.5. The number of anilines is 2. The van der Waals surface area contributed by atoms with Gasteiger partial charge in [-0.25, -0.2) is 0 Å². The van der Waals surface area contributed by atoms with E-state index in [-0.39, 0.29) is 17.8 Å². The number of benzene rings is 2. The Bertz CT molecular complexity index is 617. The molecule has 0 saturated heterocycles. The fraction of sp³-hybridized carbons (Fsp3) is 0.278. The minimum atomic E-state index is -0.172. The van der Waals surface area contributed by atoms with E-state index in [4.69, 9.17) is 5.11 Å². The quantitative estimate of drug-likeness (QED) is 0.765. The Morgan fingerprint density at radius 2 is 1.83 bits per heavy atom. The summed E-state index contributed by atoms with van der Waals surface area (Å²) in [5.41, 5.74) is 1.78. The molecule has 0 aliphatic rings. The Morgan fingerprint density at radius 3 is 2.43 bits per heavy atom. The minimum Gasteiger partial charge on any atom is -0.395 e. The molecular weight excluding hydrogens is 308 g/mol. The number of thioether (sulfide) groups is 1. The van der Waals surface area contributed by atoms with E-state index in [0.717, 1.165) is 16.3 Å². The van der Waals surface area contributed by atoms with Crippen LogP contribution in [0, 0.1) is 0 Å². The third-order valence-electron chi connectivity index (χ3n) is 3.44. The Balaban J connectivity index is 1.92. The maximum Gasteiger partial charge on any atom is 0.237 e. The minimum absolute atomic E-state index is 0.0182. The molecule has 0 bridgehead atoms. The van der Waals surface area contributed by atoms with Gasteiger partial charge in [0.15, 0.2) is 0 Å². The molecule has 2 N–H and O–H groups in total. The molecule has 122 valence electrons. The van der Waals surface area contributed by atoms with E-state index in [9.17, 15) is 4.79 Å². The number of hydrogen-bond donors (Lipinski definition) is 2. The fourth-order valence-electron chi connectivity index (χ4n) is 2.08. The zero-order valence-corrected chi connectivity index (χ0v) is 14.2. The first-order valence-corrected chi connectivity index (χ1v) is 8.42. The van der Waals surface area contributed by atoms with E-state index < -0.39 is 0 Å². The molecule has 2 aromatic carbocycles. The highest BCUT2D eigenvalue weighted by Gasteiger charge is 2.14. The number of rotatable bonds is 7. The standard InChI is InChI=1S/C18H22N2O2S/c1-14(23-17-6-4-3-5-7-17)18(22)19-15-8-10-16(11-9-15)20(2)12-13-21/h3-11,14,21H,12-13H2,1-2H3,(H,19,22). The molecule has 2 aromatic rings. The van der Waals surface area contributed by atoms with Crippen molar-refractivity contribution in [3.63, 3.8) is 0 Å². The smallest absolute Gasteiger partial charge is 0.237 e. The molecule has 4 nitrogen and oxygen atoms in total. The average Bonchev–Trinajstić information content (AvgIpc) is 2.56. The lowest BCUT2D eigenvalue weighted by Crippen LogP contribution is -2.23. The van der Waals surface area contributed by atoms with Gasteiger partial charge in [0.1, 0.15) is 0 Å². The van der Waals surface area contributed by atoms with Crippen molar-refractivity contribution < 1.29 is 9.90 Å². The molecule has 5 heteroatoms. The van der Waals surface area contributed by atoms with Gasteiger partial charge in [0.25, 0.3) is 0 Å². The molecule has 23 heavy (non-hydrogen) atoms. The summed E-state index contributed by atoms with van der Waals surface area (Å²) in [6.07, 6.45) is 0. The number of nitrogens with one attached hydrogen (secondary N) is 1. The molecule has 0 aromatic heterocycles. The molecule has 0 saturated carbocycles. The lowest BCUT2D eigenvalue weighted by molar-refractivity contribution is -0.115. The van der Waals surface area contributed by atoms with Gasteiger partial charge in [-0.05, 0) is 43.3 Å². The van der Waals surface area contributed by atoms with Gasteiger partial charge in [0, 0.05) is 29.9 Å². The first-order valence-electron chi connectivity index (χ1n) is 7.55. The predicted molar refractivity (Wildman–Crippen MR) is 97.2 cm³/mol. The summed E-state index contributed by atoms with van der Waals surface area (Å²) in [6.45, 7) is 2.59. The monoisotopic (exact) mass is 330 g/mol. The van der Waals surface area contributed by atoms with Crippen molar-refractivity contribution in [1.29, 1.82) is 0 Å². The molecule has 0 fully saturated rings. The van der Waals surface area contributed by atoms with E-state index in [2.05, 4.69) is 5.32 Å². The third-order valence-corrected chi connectivity index (χ3v) is 4.55. The van der Waals surface area contributed by atoms with Crippen molar-refractivity contribution in [1.82, 2.24) is 0 Å². The zero-order valence-electron chi connectivity index (χ0n) is 13.4. The Kier molecular flexibility index (Phi) is 6.50. The second kappa shape index (κ2) is 8.60. The van der Waals surface area contributed by atoms with E-state index in [1.54, 1.807) is 0 Å². The Labute approximate surface area is 141 Å². The Hall–Kier alpha value is -1.98. The topological polar surface area (TPSA) is 52.6 Å². The number of hydrogen-bond acceptors (Lipinski definition) is 4. The van der Waals surface area contributed by atoms with Gasteiger partial charge in [-0.15, -0.1) is 11.8 Å². The summed E-state index contributed by atoms with van der Waals surface area (Å²) in [7, 11) is 1.92. The number of aliphatic hydroxyl groups excluding tert-OH is 1. The van der Waals surface area contributed by atoms with E-state index >= 15 is 0 Å². The average molecular weight is 330 g/mol. The highest BCUT2D eigenvalue weighted by atomic mass is 32.2. The fourth-order valence-corrected chi connectivity index (χ4v) is 2.97. The van der Waals surface area contributed by atoms with Gasteiger partial charge in [0.2, 0.25) is 5.91 Å². The van der Waals surface area contributed by atoms with E-state index in [1.165, 1.54) is 11.8 Å². The molecule has 1 atom stereocenters. The molecule has 1 amide bonds. The molecule has 0 heterocycles. The SMILES string of the molecule is CC(Sc1ccccc1)C(=O)Nc1ccc(N(C)CCO)cc1. The number of nitrogens with zero attached hydrogens (tertiary/aromatic N) is 1. The highest BCUT2D eigenvalue weighted by Crippen LogP contribution is 2.24. The lowest BCUT2D eigenvalue weighted by Gasteiger charge is -2.18. The lowest BCUT2D eigenvalue weighted by atomic mass is 10.2. The molecular formula is C18H22N2O2S. The van der Waals surface area contributed by atoms with Crippen LogP contribution >= 0.6 is 11.8 Å². The van der Waals surface area contributed by atoms with Crippen molar-refractivity contribution in [2.45, 2.75) is 17.1 Å². The zero-order chi connectivity index (χ0) is 16.7. The first kappa shape index (κ1) is 17.4. The number of likely N-dealkylation sites (N-methyl/N-ethyl adjacent to an activating group) is 1. The molecule has 0 spiro atoms. The summed E-state index contributed by atoms with van der Waals surface area (Å²) < 4.78 is 0. The van der Waals surface area contributed by atoms with Crippen molar-refractivity contribution in [3.8, 4) is 0 Å². The molecule has 0 radical (unpaired) electrons. The van der Waals surface area contributed by atoms with Crippen LogP contribution in [0.1, 0.15) is 6.92 Å². The predicted octanol–water partition coefficient (Wildman–Crippen LogP) is 3.23. The maximum absolute atomic E-state index is 12.3. The van der Waals surface area contributed by atoms with Crippen LogP contribution in [0.2, 0.25) is 0 Å². The molecule has 1 unspecified atom stereocenters. The van der Waals surface area contributed by atoms with Crippen molar-refractivity contribution in [2.24, 2.45) is 0 Å². The van der Waals surface area contributed by atoms with Crippen LogP contribution in [0.5, 0.6) is 0 Å². The first-order chi connectivity index (χ1) is 11.1. The largest absolute Gasteiger partial charge is 0.395 e. The van der Waals surface area contributed by atoms with Crippen molar-refractivity contribution in [3.05, 3.63) is 54.6 Å². The van der Waals surface area contributed by atoms with Crippen LogP contribution in [-0.2, 0) is 4.79 Å². The molecule has 0 aliphatic heterocycles. The van der Waals surface area contributed by atoms with Crippen molar-refractivity contribution >= 4 is 29.0 Å². The number of carbonyl (C=O) groups is 1. The second-order valence-corrected chi connectivity index (χ2v) is 6.67. The summed E-state index contributed by atoms with van der Waals surface area (Å²) in [5, 5.41) is 11.7. The van der Waals surface area contributed by atoms with Crippen molar-refractivity contribution in [2.75, 3.05) is 30.4 Å². The summed E-state index contributed by atoms with van der Waals surface area (Å²) >= 11 is 1.54. The molecule has 2 rings (SSSR count). The van der Waals surface area contributed by atoms with Gasteiger partial charge in [-0.2, -0.15) is 0 Å². The van der Waals surface area contributed by atoms with E-state index in [1.807, 2.05) is 73.5 Å². The van der Waals surface area contributed by atoms with Crippen LogP contribution in [0.25, 0.3) is 0 Å². The summed E-state index contributed by atoms with van der Waals surface area (Å²) in [5.74, 6) is -0.0182. The van der Waals surface area contributed by atoms with Crippen LogP contribution in [0.4, 0.5) is 11.4 Å². The van der Waals surface area contributed by atoms with Gasteiger partial charge < -0.3 is 15.3 Å². The normalized spacial score (nSPS) is 11.8. The Morgan fingerprint density at radius 1 is 1.17 bits per heavy atom. The number of aliphatic hydroxyl groups is 1. The molecule has 0 aliphatic carbocycles. The van der Waals surface area contributed by atoms with Crippen LogP contribution in [-0.4, -0.2) is 36.5 Å².